The monoisotopic (exact) mass is 290 g/mol. The van der Waals surface area contributed by atoms with Gasteiger partial charge in [-0.25, -0.2) is 0 Å². The van der Waals surface area contributed by atoms with Gasteiger partial charge in [0.15, 0.2) is 0 Å². The Hall–Kier alpha value is -1.36. The molecular formula is C16H26N4O. The van der Waals surface area contributed by atoms with Gasteiger partial charge >= 0.3 is 0 Å². The minimum Gasteiger partial charge on any atom is -0.352 e. The van der Waals surface area contributed by atoms with E-state index >= 15 is 0 Å². The molecule has 1 aromatic rings. The Morgan fingerprint density at radius 2 is 1.95 bits per heavy atom. The van der Waals surface area contributed by atoms with Crippen molar-refractivity contribution in [3.8, 4) is 0 Å². The third-order valence-electron chi connectivity index (χ3n) is 4.84. The summed E-state index contributed by atoms with van der Waals surface area (Å²) in [5, 5.41) is 10.8. The molecule has 21 heavy (non-hydrogen) atoms. The third-order valence-corrected chi connectivity index (χ3v) is 4.84. The standard InChI is InChI=1S/C16H26N4O/c1-11(12(2)20-9-3-8-18-20)17-10-15(21)19-16(13-4-5-13)14-6-7-14/h3,8-9,11-14,16-17H,4-7,10H2,1-2H3,(H,19,21). The number of carbonyl (C=O) groups excluding carboxylic acids is 1. The fourth-order valence-electron chi connectivity index (χ4n) is 2.94. The molecule has 2 aliphatic carbocycles. The van der Waals surface area contributed by atoms with Crippen LogP contribution in [-0.4, -0.2) is 34.3 Å². The number of carbonyl (C=O) groups is 1. The first-order valence-electron chi connectivity index (χ1n) is 8.17. The zero-order valence-corrected chi connectivity index (χ0v) is 13.0. The van der Waals surface area contributed by atoms with Gasteiger partial charge in [0, 0.05) is 24.5 Å². The average molecular weight is 290 g/mol. The SMILES string of the molecule is CC(NCC(=O)NC(C1CC1)C1CC1)C(C)n1cccn1. The highest BCUT2D eigenvalue weighted by Gasteiger charge is 2.42. The summed E-state index contributed by atoms with van der Waals surface area (Å²) in [6.45, 7) is 4.60. The summed E-state index contributed by atoms with van der Waals surface area (Å²) in [5.41, 5.74) is 0. The van der Waals surface area contributed by atoms with Gasteiger partial charge in [-0.05, 0) is 57.4 Å². The molecule has 5 nitrogen and oxygen atoms in total. The van der Waals surface area contributed by atoms with Crippen LogP contribution in [-0.2, 0) is 4.79 Å². The van der Waals surface area contributed by atoms with Crippen molar-refractivity contribution in [2.75, 3.05) is 6.54 Å². The lowest BCUT2D eigenvalue weighted by atomic mass is 10.1. The fourth-order valence-corrected chi connectivity index (χ4v) is 2.94. The summed E-state index contributed by atoms with van der Waals surface area (Å²) in [6.07, 6.45) is 8.91. The number of hydrogen-bond donors (Lipinski definition) is 2. The Morgan fingerprint density at radius 3 is 2.48 bits per heavy atom. The van der Waals surface area contributed by atoms with E-state index in [1.54, 1.807) is 6.20 Å². The van der Waals surface area contributed by atoms with Gasteiger partial charge in [0.05, 0.1) is 12.6 Å². The van der Waals surface area contributed by atoms with E-state index in [0.717, 1.165) is 11.8 Å². The van der Waals surface area contributed by atoms with Gasteiger partial charge in [-0.15, -0.1) is 0 Å². The second-order valence-corrected chi connectivity index (χ2v) is 6.66. The van der Waals surface area contributed by atoms with Crippen molar-refractivity contribution in [1.82, 2.24) is 20.4 Å². The molecule has 1 heterocycles. The molecule has 0 radical (unpaired) electrons. The van der Waals surface area contributed by atoms with Crippen LogP contribution >= 0.6 is 0 Å². The van der Waals surface area contributed by atoms with Gasteiger partial charge in [0.2, 0.25) is 5.91 Å². The van der Waals surface area contributed by atoms with Gasteiger partial charge in [0.25, 0.3) is 0 Å². The summed E-state index contributed by atoms with van der Waals surface area (Å²) >= 11 is 0. The molecule has 2 N–H and O–H groups in total. The van der Waals surface area contributed by atoms with Crippen LogP contribution in [0.1, 0.15) is 45.6 Å². The van der Waals surface area contributed by atoms with Crippen LogP contribution in [0.25, 0.3) is 0 Å². The molecule has 2 unspecified atom stereocenters. The summed E-state index contributed by atoms with van der Waals surface area (Å²) in [7, 11) is 0. The van der Waals surface area contributed by atoms with Crippen LogP contribution < -0.4 is 10.6 Å². The largest absolute Gasteiger partial charge is 0.352 e. The summed E-state index contributed by atoms with van der Waals surface area (Å²) in [5.74, 6) is 1.64. The van der Waals surface area contributed by atoms with Gasteiger partial charge in [-0.2, -0.15) is 5.10 Å². The van der Waals surface area contributed by atoms with E-state index in [-0.39, 0.29) is 18.0 Å². The zero-order valence-electron chi connectivity index (χ0n) is 13.0. The lowest BCUT2D eigenvalue weighted by Crippen LogP contribution is -2.45. The topological polar surface area (TPSA) is 59.0 Å². The van der Waals surface area contributed by atoms with Crippen molar-refractivity contribution in [2.24, 2.45) is 11.8 Å². The van der Waals surface area contributed by atoms with Crippen LogP contribution in [0.4, 0.5) is 0 Å². The van der Waals surface area contributed by atoms with Crippen LogP contribution in [0.3, 0.4) is 0 Å². The van der Waals surface area contributed by atoms with Crippen molar-refractivity contribution in [1.29, 1.82) is 0 Å². The number of aromatic nitrogens is 2. The van der Waals surface area contributed by atoms with Crippen LogP contribution in [0.2, 0.25) is 0 Å². The molecule has 0 aromatic carbocycles. The highest BCUT2D eigenvalue weighted by Crippen LogP contribution is 2.44. The van der Waals surface area contributed by atoms with Crippen LogP contribution in [0.5, 0.6) is 0 Å². The molecule has 3 rings (SSSR count). The average Bonchev–Trinajstić information content (AvgIpc) is 3.41. The molecule has 0 spiro atoms. The zero-order chi connectivity index (χ0) is 14.8. The third kappa shape index (κ3) is 3.84. The Bertz CT molecular complexity index is 453. The van der Waals surface area contributed by atoms with E-state index in [9.17, 15) is 4.79 Å². The number of nitrogens with zero attached hydrogens (tertiary/aromatic N) is 2. The molecule has 1 amide bonds. The molecule has 0 aliphatic heterocycles. The summed E-state index contributed by atoms with van der Waals surface area (Å²) in [4.78, 5) is 12.1. The van der Waals surface area contributed by atoms with E-state index < -0.39 is 0 Å². The molecule has 2 atom stereocenters. The fraction of sp³-hybridized carbons (Fsp3) is 0.750. The highest BCUT2D eigenvalue weighted by molar-refractivity contribution is 5.78. The van der Waals surface area contributed by atoms with E-state index in [2.05, 4.69) is 29.6 Å². The second kappa shape index (κ2) is 6.18. The molecule has 1 aromatic heterocycles. The lowest BCUT2D eigenvalue weighted by Gasteiger charge is -2.23. The van der Waals surface area contributed by atoms with E-state index in [1.807, 2.05) is 16.9 Å². The van der Waals surface area contributed by atoms with Gasteiger partial charge in [0.1, 0.15) is 0 Å². The number of hydrogen-bond acceptors (Lipinski definition) is 3. The Labute approximate surface area is 126 Å². The predicted molar refractivity (Wildman–Crippen MR) is 81.8 cm³/mol. The molecular weight excluding hydrogens is 264 g/mol. The highest BCUT2D eigenvalue weighted by atomic mass is 16.2. The van der Waals surface area contributed by atoms with Gasteiger partial charge in [-0.1, -0.05) is 0 Å². The molecule has 116 valence electrons. The van der Waals surface area contributed by atoms with Gasteiger partial charge < -0.3 is 10.6 Å². The van der Waals surface area contributed by atoms with Crippen molar-refractivity contribution in [2.45, 2.75) is 57.7 Å². The summed E-state index contributed by atoms with van der Waals surface area (Å²) in [6, 6.07) is 2.80. The van der Waals surface area contributed by atoms with Crippen molar-refractivity contribution >= 4 is 5.91 Å². The van der Waals surface area contributed by atoms with Crippen molar-refractivity contribution < 1.29 is 4.79 Å². The van der Waals surface area contributed by atoms with Crippen LogP contribution in [0.15, 0.2) is 18.5 Å². The molecule has 2 aliphatic rings. The molecule has 2 fully saturated rings. The Kier molecular flexibility index (Phi) is 4.29. The molecule has 2 saturated carbocycles. The number of rotatable bonds is 8. The maximum absolute atomic E-state index is 12.1. The Morgan fingerprint density at radius 1 is 1.29 bits per heavy atom. The second-order valence-electron chi connectivity index (χ2n) is 6.66. The predicted octanol–water partition coefficient (Wildman–Crippen LogP) is 1.73. The minimum atomic E-state index is 0.137. The molecule has 0 saturated heterocycles. The van der Waals surface area contributed by atoms with E-state index in [1.165, 1.54) is 25.7 Å². The molecule has 0 bridgehead atoms. The first kappa shape index (κ1) is 14.6. The molecule has 5 heteroatoms. The lowest BCUT2D eigenvalue weighted by molar-refractivity contribution is -0.121. The smallest absolute Gasteiger partial charge is 0.234 e. The number of amides is 1. The van der Waals surface area contributed by atoms with Gasteiger partial charge in [-0.3, -0.25) is 9.48 Å². The van der Waals surface area contributed by atoms with E-state index in [0.29, 0.717) is 12.6 Å². The maximum atomic E-state index is 12.1. The minimum absolute atomic E-state index is 0.137. The Balaban J connectivity index is 1.42. The van der Waals surface area contributed by atoms with Crippen LogP contribution in [0, 0.1) is 11.8 Å². The quantitative estimate of drug-likeness (QED) is 0.766. The van der Waals surface area contributed by atoms with Crippen molar-refractivity contribution in [3.63, 3.8) is 0 Å². The first-order chi connectivity index (χ1) is 10.1. The van der Waals surface area contributed by atoms with E-state index in [4.69, 9.17) is 0 Å². The van der Waals surface area contributed by atoms with Crippen molar-refractivity contribution in [3.05, 3.63) is 18.5 Å². The summed E-state index contributed by atoms with van der Waals surface area (Å²) < 4.78 is 1.92. The maximum Gasteiger partial charge on any atom is 0.234 e. The number of nitrogens with one attached hydrogen (secondary N) is 2. The normalized spacial score (nSPS) is 21.3. The first-order valence-corrected chi connectivity index (χ1v) is 8.17.